The molecule has 2 aromatic rings. The van der Waals surface area contributed by atoms with Crippen molar-refractivity contribution in [1.29, 1.82) is 0 Å². The summed E-state index contributed by atoms with van der Waals surface area (Å²) in [7, 11) is 1.93. The lowest BCUT2D eigenvalue weighted by Crippen LogP contribution is -1.97. The standard InChI is InChI=1S/C16H18Br2N2O.C4H10.C3H8/c1-3-4-10-7-12(5-6-15(10)20-2)21-16-13(17)8-11(19)9-14(16)18;1-3-4-2;1-3-2/h5-9,20H,3-4,19H2,1-2H3;3-4H2,1-2H3;3H2,1-2H3. The molecule has 0 radical (unpaired) electrons. The Morgan fingerprint density at radius 1 is 0.893 bits per heavy atom. The SMILES string of the molecule is CCC.CCCC.CCCc1cc(Oc2c(Br)cc(N)cc2Br)ccc1NC. The number of nitrogens with one attached hydrogen (secondary N) is 1. The lowest BCUT2D eigenvalue weighted by molar-refractivity contribution is 0.476. The lowest BCUT2D eigenvalue weighted by atomic mass is 10.1. The Bertz CT molecular complexity index is 665. The Hall–Kier alpha value is -1.20. The number of halogens is 2. The number of ether oxygens (including phenoxy) is 1. The highest BCUT2D eigenvalue weighted by Crippen LogP contribution is 2.39. The van der Waals surface area contributed by atoms with Gasteiger partial charge >= 0.3 is 0 Å². The summed E-state index contributed by atoms with van der Waals surface area (Å²) in [5.41, 5.74) is 8.87. The summed E-state index contributed by atoms with van der Waals surface area (Å²) in [5, 5.41) is 3.21. The predicted molar refractivity (Wildman–Crippen MR) is 133 cm³/mol. The first-order valence-electron chi connectivity index (χ1n) is 10.1. The van der Waals surface area contributed by atoms with Gasteiger partial charge in [-0.25, -0.2) is 0 Å². The van der Waals surface area contributed by atoms with Crippen LogP contribution in [0, 0.1) is 0 Å². The molecule has 0 aliphatic heterocycles. The molecule has 0 amide bonds. The van der Waals surface area contributed by atoms with Crippen LogP contribution in [0.4, 0.5) is 11.4 Å². The number of unbranched alkanes of at least 4 members (excludes halogenated alkanes) is 1. The van der Waals surface area contributed by atoms with E-state index in [1.54, 1.807) is 0 Å². The summed E-state index contributed by atoms with van der Waals surface area (Å²) in [6, 6.07) is 9.73. The topological polar surface area (TPSA) is 47.3 Å². The zero-order valence-electron chi connectivity index (χ0n) is 18.2. The van der Waals surface area contributed by atoms with E-state index in [4.69, 9.17) is 10.5 Å². The van der Waals surface area contributed by atoms with Crippen molar-refractivity contribution in [3.8, 4) is 11.5 Å². The van der Waals surface area contributed by atoms with Crippen LogP contribution in [0.2, 0.25) is 0 Å². The number of hydrogen-bond donors (Lipinski definition) is 2. The average molecular weight is 516 g/mol. The molecule has 28 heavy (non-hydrogen) atoms. The third-order valence-corrected chi connectivity index (χ3v) is 4.78. The van der Waals surface area contributed by atoms with Crippen LogP contribution in [0.1, 0.15) is 65.9 Å². The van der Waals surface area contributed by atoms with E-state index >= 15 is 0 Å². The number of benzene rings is 2. The third kappa shape index (κ3) is 9.83. The normalized spacial score (nSPS) is 9.57. The monoisotopic (exact) mass is 514 g/mol. The van der Waals surface area contributed by atoms with Crippen LogP contribution in [-0.4, -0.2) is 7.05 Å². The van der Waals surface area contributed by atoms with E-state index in [1.807, 2.05) is 31.3 Å². The number of hydrogen-bond acceptors (Lipinski definition) is 3. The number of rotatable bonds is 6. The highest BCUT2D eigenvalue weighted by atomic mass is 79.9. The molecule has 3 nitrogen and oxygen atoms in total. The first-order chi connectivity index (χ1) is 13.4. The second-order valence-electron chi connectivity index (χ2n) is 6.44. The van der Waals surface area contributed by atoms with Gasteiger partial charge in [-0.1, -0.05) is 60.3 Å². The molecule has 0 fully saturated rings. The lowest BCUT2D eigenvalue weighted by Gasteiger charge is -2.14. The van der Waals surface area contributed by atoms with Crippen LogP contribution in [-0.2, 0) is 6.42 Å². The molecule has 0 unspecified atom stereocenters. The van der Waals surface area contributed by atoms with Gasteiger partial charge in [-0.05, 0) is 74.2 Å². The van der Waals surface area contributed by atoms with Crippen molar-refractivity contribution in [1.82, 2.24) is 0 Å². The average Bonchev–Trinajstić information content (AvgIpc) is 2.66. The summed E-state index contributed by atoms with van der Waals surface area (Å²) in [4.78, 5) is 0. The number of nitrogen functional groups attached to an aromatic ring is 1. The van der Waals surface area contributed by atoms with Gasteiger partial charge in [0.15, 0.2) is 5.75 Å². The molecule has 0 saturated carbocycles. The van der Waals surface area contributed by atoms with Crippen molar-refractivity contribution < 1.29 is 4.74 Å². The van der Waals surface area contributed by atoms with Crippen molar-refractivity contribution in [2.24, 2.45) is 0 Å². The van der Waals surface area contributed by atoms with Crippen LogP contribution in [0.25, 0.3) is 0 Å². The second kappa shape index (κ2) is 15.7. The first-order valence-corrected chi connectivity index (χ1v) is 11.7. The van der Waals surface area contributed by atoms with Gasteiger partial charge in [0.1, 0.15) is 5.75 Å². The Morgan fingerprint density at radius 2 is 1.43 bits per heavy atom. The molecule has 0 bridgehead atoms. The molecule has 0 aliphatic carbocycles. The summed E-state index contributed by atoms with van der Waals surface area (Å²) in [6.07, 6.45) is 5.99. The van der Waals surface area contributed by atoms with Crippen molar-refractivity contribution in [2.45, 2.75) is 66.7 Å². The molecule has 0 aliphatic rings. The van der Waals surface area contributed by atoms with E-state index in [2.05, 4.69) is 77.9 Å². The Balaban J connectivity index is 0.000000904. The molecule has 3 N–H and O–H groups in total. The Kier molecular flexibility index (Phi) is 15.0. The summed E-state index contributed by atoms with van der Waals surface area (Å²) in [6.45, 7) is 10.8. The van der Waals surface area contributed by atoms with E-state index in [0.717, 1.165) is 39.0 Å². The molecule has 0 atom stereocenters. The van der Waals surface area contributed by atoms with Gasteiger partial charge in [0.2, 0.25) is 0 Å². The van der Waals surface area contributed by atoms with Gasteiger partial charge in [-0.3, -0.25) is 0 Å². The van der Waals surface area contributed by atoms with Gasteiger partial charge in [-0.2, -0.15) is 0 Å². The van der Waals surface area contributed by atoms with E-state index in [9.17, 15) is 0 Å². The van der Waals surface area contributed by atoms with Crippen LogP contribution in [0.15, 0.2) is 39.3 Å². The smallest absolute Gasteiger partial charge is 0.155 e. The van der Waals surface area contributed by atoms with Gasteiger partial charge < -0.3 is 15.8 Å². The van der Waals surface area contributed by atoms with Crippen LogP contribution >= 0.6 is 31.9 Å². The van der Waals surface area contributed by atoms with Crippen molar-refractivity contribution in [3.05, 3.63) is 44.8 Å². The number of aryl methyl sites for hydroxylation is 1. The minimum absolute atomic E-state index is 0.679. The fourth-order valence-electron chi connectivity index (χ4n) is 2.15. The second-order valence-corrected chi connectivity index (χ2v) is 8.15. The van der Waals surface area contributed by atoms with Gasteiger partial charge in [0.25, 0.3) is 0 Å². The van der Waals surface area contributed by atoms with Crippen LogP contribution < -0.4 is 15.8 Å². The minimum Gasteiger partial charge on any atom is -0.455 e. The van der Waals surface area contributed by atoms with E-state index in [1.165, 1.54) is 24.8 Å². The molecule has 5 heteroatoms. The molecular weight excluding hydrogens is 480 g/mol. The molecule has 0 aromatic heterocycles. The predicted octanol–water partition coefficient (Wildman–Crippen LogP) is 8.80. The molecule has 158 valence electrons. The minimum atomic E-state index is 0.679. The molecular formula is C23H36Br2N2O. The molecule has 0 spiro atoms. The highest BCUT2D eigenvalue weighted by Gasteiger charge is 2.10. The molecule has 0 heterocycles. The quantitative estimate of drug-likeness (QED) is 0.377. The number of anilines is 2. The summed E-state index contributed by atoms with van der Waals surface area (Å²) < 4.78 is 7.65. The Labute approximate surface area is 188 Å². The largest absolute Gasteiger partial charge is 0.455 e. The molecule has 2 rings (SSSR count). The van der Waals surface area contributed by atoms with Gasteiger partial charge in [0.05, 0.1) is 8.95 Å². The maximum Gasteiger partial charge on any atom is 0.155 e. The molecule has 0 saturated heterocycles. The zero-order valence-corrected chi connectivity index (χ0v) is 21.3. The van der Waals surface area contributed by atoms with E-state index in [-0.39, 0.29) is 0 Å². The third-order valence-electron chi connectivity index (χ3n) is 3.61. The highest BCUT2D eigenvalue weighted by molar-refractivity contribution is 9.11. The van der Waals surface area contributed by atoms with Crippen molar-refractivity contribution >= 4 is 43.2 Å². The van der Waals surface area contributed by atoms with Gasteiger partial charge in [0, 0.05) is 18.4 Å². The van der Waals surface area contributed by atoms with Crippen molar-refractivity contribution in [3.63, 3.8) is 0 Å². The zero-order chi connectivity index (χ0) is 21.5. The fraction of sp³-hybridized carbons (Fsp3) is 0.478. The van der Waals surface area contributed by atoms with E-state index < -0.39 is 0 Å². The van der Waals surface area contributed by atoms with Gasteiger partial charge in [-0.15, -0.1) is 0 Å². The Morgan fingerprint density at radius 3 is 1.86 bits per heavy atom. The number of nitrogens with two attached hydrogens (primary N) is 1. The first kappa shape index (κ1) is 26.8. The molecule has 2 aromatic carbocycles. The van der Waals surface area contributed by atoms with Crippen LogP contribution in [0.5, 0.6) is 11.5 Å². The van der Waals surface area contributed by atoms with E-state index in [0.29, 0.717) is 5.69 Å². The summed E-state index contributed by atoms with van der Waals surface area (Å²) >= 11 is 6.97. The summed E-state index contributed by atoms with van der Waals surface area (Å²) in [5.74, 6) is 1.53. The maximum absolute atomic E-state index is 6.00. The van der Waals surface area contributed by atoms with Crippen molar-refractivity contribution in [2.75, 3.05) is 18.1 Å². The fourth-order valence-corrected chi connectivity index (χ4v) is 3.53. The maximum atomic E-state index is 6.00. The van der Waals surface area contributed by atoms with Crippen LogP contribution in [0.3, 0.4) is 0 Å².